The van der Waals surface area contributed by atoms with Gasteiger partial charge >= 0.3 is 0 Å². The van der Waals surface area contributed by atoms with E-state index in [1.807, 2.05) is 18.6 Å². The van der Waals surface area contributed by atoms with E-state index in [0.29, 0.717) is 12.1 Å². The summed E-state index contributed by atoms with van der Waals surface area (Å²) in [6.45, 7) is 3.12. The molecule has 3 nitrogen and oxygen atoms in total. The molecule has 1 fully saturated rings. The highest BCUT2D eigenvalue weighted by Crippen LogP contribution is 2.27. The van der Waals surface area contributed by atoms with Gasteiger partial charge in [0.2, 0.25) is 0 Å². The van der Waals surface area contributed by atoms with Gasteiger partial charge in [-0.15, -0.1) is 11.3 Å². The molecule has 2 aromatic rings. The molecule has 0 saturated carbocycles. The average molecular weight is 296 g/mol. The van der Waals surface area contributed by atoms with Crippen LogP contribution in [0, 0.1) is 0 Å². The molecule has 0 amide bonds. The number of aromatic nitrogens is 2. The molecule has 1 saturated heterocycles. The normalized spacial score (nSPS) is 23.7. The molecule has 0 aliphatic carbocycles. The van der Waals surface area contributed by atoms with Crippen molar-refractivity contribution in [1.82, 2.24) is 14.9 Å². The molecule has 2 unspecified atom stereocenters. The second-order valence-corrected chi connectivity index (χ2v) is 7.00. The molecule has 1 aliphatic rings. The summed E-state index contributed by atoms with van der Waals surface area (Å²) in [5, 5.41) is 3.67. The average Bonchev–Trinajstić information content (AvgIpc) is 2.99. The molecule has 3 heterocycles. The van der Waals surface area contributed by atoms with Crippen LogP contribution in [0.15, 0.2) is 24.7 Å². The zero-order valence-corrected chi connectivity index (χ0v) is 12.5. The molecule has 0 bridgehead atoms. The van der Waals surface area contributed by atoms with Crippen LogP contribution < -0.4 is 5.32 Å². The summed E-state index contributed by atoms with van der Waals surface area (Å²) in [5.41, 5.74) is 1.29. The van der Waals surface area contributed by atoms with Crippen molar-refractivity contribution < 1.29 is 0 Å². The molecule has 1 aliphatic heterocycles. The van der Waals surface area contributed by atoms with Gasteiger partial charge in [0.15, 0.2) is 0 Å². The number of hydrogen-bond donors (Lipinski definition) is 1. The Morgan fingerprint density at radius 1 is 1.47 bits per heavy atom. The fourth-order valence-corrected chi connectivity index (χ4v) is 3.82. The first kappa shape index (κ1) is 13.2. The van der Waals surface area contributed by atoms with Crippen molar-refractivity contribution in [3.05, 3.63) is 39.6 Å². The van der Waals surface area contributed by atoms with Gasteiger partial charge < -0.3 is 9.88 Å². The van der Waals surface area contributed by atoms with Crippen molar-refractivity contribution in [2.75, 3.05) is 0 Å². The van der Waals surface area contributed by atoms with Crippen LogP contribution in [-0.2, 0) is 6.54 Å². The Labute approximate surface area is 122 Å². The van der Waals surface area contributed by atoms with Gasteiger partial charge in [-0.3, -0.25) is 0 Å². The van der Waals surface area contributed by atoms with E-state index in [-0.39, 0.29) is 0 Å². The van der Waals surface area contributed by atoms with Crippen molar-refractivity contribution in [3.8, 4) is 0 Å². The summed E-state index contributed by atoms with van der Waals surface area (Å²) in [4.78, 5) is 5.59. The van der Waals surface area contributed by atoms with E-state index in [4.69, 9.17) is 11.6 Å². The van der Waals surface area contributed by atoms with Gasteiger partial charge in [0.05, 0.1) is 22.9 Å². The van der Waals surface area contributed by atoms with Crippen LogP contribution in [0.25, 0.3) is 0 Å². The van der Waals surface area contributed by atoms with E-state index in [1.165, 1.54) is 29.8 Å². The van der Waals surface area contributed by atoms with Gasteiger partial charge in [0.1, 0.15) is 0 Å². The van der Waals surface area contributed by atoms with Gasteiger partial charge in [0.25, 0.3) is 0 Å². The first-order valence-corrected chi connectivity index (χ1v) is 7.92. The van der Waals surface area contributed by atoms with E-state index >= 15 is 0 Å². The Hall–Kier alpha value is -0.840. The molecule has 0 aromatic carbocycles. The van der Waals surface area contributed by atoms with Crippen LogP contribution in [0.5, 0.6) is 0 Å². The maximum atomic E-state index is 5.99. The molecule has 0 spiro atoms. The maximum Gasteiger partial charge on any atom is 0.0952 e. The summed E-state index contributed by atoms with van der Waals surface area (Å²) in [6.07, 6.45) is 7.66. The third-order valence-electron chi connectivity index (χ3n) is 3.67. The van der Waals surface area contributed by atoms with Gasteiger partial charge in [-0.05, 0) is 38.3 Å². The summed E-state index contributed by atoms with van der Waals surface area (Å²) in [5.74, 6) is 0. The fourth-order valence-electron chi connectivity index (χ4n) is 2.73. The van der Waals surface area contributed by atoms with Crippen molar-refractivity contribution in [3.63, 3.8) is 0 Å². The number of hydrogen-bond acceptors (Lipinski definition) is 3. The summed E-state index contributed by atoms with van der Waals surface area (Å²) >= 11 is 7.63. The number of halogens is 1. The van der Waals surface area contributed by atoms with Crippen molar-refractivity contribution in [1.29, 1.82) is 0 Å². The lowest BCUT2D eigenvalue weighted by molar-refractivity contribution is 0.330. The molecule has 1 N–H and O–H groups in total. The zero-order valence-electron chi connectivity index (χ0n) is 11.0. The molecule has 19 heavy (non-hydrogen) atoms. The van der Waals surface area contributed by atoms with Crippen molar-refractivity contribution in [2.24, 2.45) is 0 Å². The van der Waals surface area contributed by atoms with Gasteiger partial charge in [-0.2, -0.15) is 0 Å². The number of nitrogens with zero attached hydrogens (tertiary/aromatic N) is 2. The Balaban J connectivity index is 1.78. The van der Waals surface area contributed by atoms with E-state index < -0.39 is 0 Å². The van der Waals surface area contributed by atoms with E-state index in [2.05, 4.69) is 27.9 Å². The highest BCUT2D eigenvalue weighted by molar-refractivity contribution is 7.16. The van der Waals surface area contributed by atoms with E-state index in [0.717, 1.165) is 10.9 Å². The Kier molecular flexibility index (Phi) is 3.91. The van der Waals surface area contributed by atoms with Crippen LogP contribution in [0.2, 0.25) is 4.34 Å². The molecule has 3 rings (SSSR count). The van der Waals surface area contributed by atoms with Crippen molar-refractivity contribution >= 4 is 22.9 Å². The van der Waals surface area contributed by atoms with Crippen LogP contribution in [0.1, 0.15) is 42.8 Å². The summed E-state index contributed by atoms with van der Waals surface area (Å²) in [6, 6.07) is 5.08. The Bertz CT molecular complexity index is 548. The minimum atomic E-state index is 0.432. The largest absolute Gasteiger partial charge is 0.328 e. The van der Waals surface area contributed by atoms with Gasteiger partial charge in [-0.1, -0.05) is 11.6 Å². The molecule has 102 valence electrons. The molecule has 2 atom stereocenters. The minimum Gasteiger partial charge on any atom is -0.328 e. The number of imidazole rings is 1. The lowest BCUT2D eigenvalue weighted by Gasteiger charge is -2.29. The minimum absolute atomic E-state index is 0.432. The molecule has 5 heteroatoms. The first-order chi connectivity index (χ1) is 9.22. The number of nitrogens with one attached hydrogen (secondary N) is 1. The highest BCUT2D eigenvalue weighted by Gasteiger charge is 2.22. The lowest BCUT2D eigenvalue weighted by Crippen LogP contribution is -2.35. The SMILES string of the molecule is CC1CCCC(c2cncn2Cc2ccc(Cl)s2)N1. The number of piperidine rings is 1. The van der Waals surface area contributed by atoms with Crippen molar-refractivity contribution in [2.45, 2.75) is 44.8 Å². The topological polar surface area (TPSA) is 29.9 Å². The van der Waals surface area contributed by atoms with E-state index in [1.54, 1.807) is 11.3 Å². The first-order valence-electron chi connectivity index (χ1n) is 6.72. The van der Waals surface area contributed by atoms with Gasteiger partial charge in [0, 0.05) is 23.2 Å². The second-order valence-electron chi connectivity index (χ2n) is 5.20. The second kappa shape index (κ2) is 5.65. The smallest absolute Gasteiger partial charge is 0.0952 e. The maximum absolute atomic E-state index is 5.99. The summed E-state index contributed by atoms with van der Waals surface area (Å²) < 4.78 is 3.08. The Morgan fingerprint density at radius 3 is 3.11 bits per heavy atom. The lowest BCUT2D eigenvalue weighted by atomic mass is 9.97. The summed E-state index contributed by atoms with van der Waals surface area (Å²) in [7, 11) is 0. The molecule has 0 radical (unpaired) electrons. The molecular formula is C14H18ClN3S. The quantitative estimate of drug-likeness (QED) is 0.932. The third-order valence-corrected chi connectivity index (χ3v) is 4.89. The monoisotopic (exact) mass is 295 g/mol. The fraction of sp³-hybridized carbons (Fsp3) is 0.500. The predicted molar refractivity (Wildman–Crippen MR) is 79.8 cm³/mol. The highest BCUT2D eigenvalue weighted by atomic mass is 35.5. The van der Waals surface area contributed by atoms with Crippen LogP contribution >= 0.6 is 22.9 Å². The Morgan fingerprint density at radius 2 is 2.37 bits per heavy atom. The third kappa shape index (κ3) is 3.02. The number of thiophene rings is 1. The predicted octanol–water partition coefficient (Wildman–Crippen LogP) is 3.85. The molecule has 2 aromatic heterocycles. The zero-order chi connectivity index (χ0) is 13.2. The standard InChI is InChI=1S/C14H18ClN3S/c1-10-3-2-4-12(17-10)13-7-16-9-18(13)8-11-5-6-14(15)19-11/h5-7,9-10,12,17H,2-4,8H2,1H3. The van der Waals surface area contributed by atoms with E-state index in [9.17, 15) is 0 Å². The van der Waals surface area contributed by atoms with Crippen LogP contribution in [-0.4, -0.2) is 15.6 Å². The van der Waals surface area contributed by atoms with Gasteiger partial charge in [-0.25, -0.2) is 4.98 Å². The van der Waals surface area contributed by atoms with Crippen LogP contribution in [0.3, 0.4) is 0 Å². The number of rotatable bonds is 3. The molecular weight excluding hydrogens is 278 g/mol. The van der Waals surface area contributed by atoms with Crippen LogP contribution in [0.4, 0.5) is 0 Å².